The molecule has 0 atom stereocenters. The van der Waals surface area contributed by atoms with Gasteiger partial charge in [-0.05, 0) is 60.0 Å². The largest absolute Gasteiger partial charge is 0.341 e. The fourth-order valence-corrected chi connectivity index (χ4v) is 4.79. The van der Waals surface area contributed by atoms with E-state index in [0.717, 1.165) is 36.0 Å². The Morgan fingerprint density at radius 1 is 0.969 bits per heavy atom. The van der Waals surface area contributed by atoms with E-state index < -0.39 is 0 Å². The van der Waals surface area contributed by atoms with Crippen LogP contribution in [0.4, 0.5) is 21.9 Å². The first kappa shape index (κ1) is 20.3. The van der Waals surface area contributed by atoms with Crippen LogP contribution in [0, 0.1) is 0 Å². The second-order valence-electron chi connectivity index (χ2n) is 7.77. The highest BCUT2D eigenvalue weighted by Crippen LogP contribution is 2.34. The summed E-state index contributed by atoms with van der Waals surface area (Å²) in [7, 11) is 0. The van der Waals surface area contributed by atoms with Crippen LogP contribution in [0.1, 0.15) is 21.5 Å². The summed E-state index contributed by atoms with van der Waals surface area (Å²) in [5.74, 6) is -0.256. The SMILES string of the molecule is O=C(Nc1ccc(N2CCc3ccccc32)cc1)c1cccc(CN2C(=O)CSC2=O)c1. The van der Waals surface area contributed by atoms with Crippen LogP contribution in [0.2, 0.25) is 0 Å². The van der Waals surface area contributed by atoms with Gasteiger partial charge in [0.1, 0.15) is 0 Å². The van der Waals surface area contributed by atoms with Gasteiger partial charge >= 0.3 is 0 Å². The number of thioether (sulfide) groups is 1. The molecule has 1 fully saturated rings. The molecular weight excluding hydrogens is 422 g/mol. The number of hydrogen-bond acceptors (Lipinski definition) is 5. The van der Waals surface area contributed by atoms with Gasteiger partial charge in [-0.3, -0.25) is 19.3 Å². The molecule has 2 aliphatic heterocycles. The van der Waals surface area contributed by atoms with Gasteiger partial charge < -0.3 is 10.2 Å². The maximum Gasteiger partial charge on any atom is 0.289 e. The van der Waals surface area contributed by atoms with E-state index >= 15 is 0 Å². The second-order valence-corrected chi connectivity index (χ2v) is 8.69. The first-order valence-electron chi connectivity index (χ1n) is 10.4. The number of carbonyl (C=O) groups is 3. The van der Waals surface area contributed by atoms with Crippen LogP contribution in [-0.4, -0.2) is 34.3 Å². The number of para-hydroxylation sites is 1. The summed E-state index contributed by atoms with van der Waals surface area (Å²) in [4.78, 5) is 39.9. The van der Waals surface area contributed by atoms with Gasteiger partial charge in [0, 0.05) is 29.2 Å². The third-order valence-electron chi connectivity index (χ3n) is 5.69. The van der Waals surface area contributed by atoms with Gasteiger partial charge in [-0.1, -0.05) is 42.1 Å². The van der Waals surface area contributed by atoms with Gasteiger partial charge in [0.15, 0.2) is 0 Å². The summed E-state index contributed by atoms with van der Waals surface area (Å²) in [5, 5.41) is 2.68. The highest BCUT2D eigenvalue weighted by Gasteiger charge is 2.29. The molecule has 0 radical (unpaired) electrons. The number of imide groups is 1. The zero-order chi connectivity index (χ0) is 22.1. The van der Waals surface area contributed by atoms with Gasteiger partial charge in [0.2, 0.25) is 5.91 Å². The van der Waals surface area contributed by atoms with E-state index in [1.54, 1.807) is 18.2 Å². The smallest absolute Gasteiger partial charge is 0.289 e. The van der Waals surface area contributed by atoms with Crippen molar-refractivity contribution in [2.45, 2.75) is 13.0 Å². The molecule has 6 nitrogen and oxygen atoms in total. The molecule has 0 aromatic heterocycles. The van der Waals surface area contributed by atoms with Crippen LogP contribution in [0.25, 0.3) is 0 Å². The Kier molecular flexibility index (Phi) is 5.41. The van der Waals surface area contributed by atoms with Crippen LogP contribution < -0.4 is 10.2 Å². The van der Waals surface area contributed by atoms with Crippen LogP contribution >= 0.6 is 11.8 Å². The number of benzene rings is 3. The molecule has 0 unspecified atom stereocenters. The molecule has 3 aromatic carbocycles. The van der Waals surface area contributed by atoms with E-state index in [4.69, 9.17) is 0 Å². The average Bonchev–Trinajstić information content (AvgIpc) is 3.38. The van der Waals surface area contributed by atoms with Crippen molar-refractivity contribution in [2.24, 2.45) is 0 Å². The summed E-state index contributed by atoms with van der Waals surface area (Å²) < 4.78 is 0. The standard InChI is InChI=1S/C25H21N3O3S/c29-23-16-32-25(31)28(23)15-17-4-3-6-19(14-17)24(30)26-20-8-10-21(11-9-20)27-13-12-18-5-1-2-7-22(18)27/h1-11,14H,12-13,15-16H2,(H,26,30). The fourth-order valence-electron chi connectivity index (χ4n) is 4.06. The van der Waals surface area contributed by atoms with Crippen molar-refractivity contribution in [3.63, 3.8) is 0 Å². The molecule has 160 valence electrons. The molecule has 3 aromatic rings. The van der Waals surface area contributed by atoms with Gasteiger partial charge in [0.25, 0.3) is 11.1 Å². The Bertz CT molecular complexity index is 1190. The minimum absolute atomic E-state index is 0.178. The lowest BCUT2D eigenvalue weighted by atomic mass is 10.1. The van der Waals surface area contributed by atoms with E-state index in [-0.39, 0.29) is 29.4 Å². The molecule has 0 spiro atoms. The zero-order valence-electron chi connectivity index (χ0n) is 17.3. The summed E-state index contributed by atoms with van der Waals surface area (Å²) >= 11 is 1.01. The molecule has 0 aliphatic carbocycles. The number of carbonyl (C=O) groups excluding carboxylic acids is 3. The number of hydrogen-bond donors (Lipinski definition) is 1. The van der Waals surface area contributed by atoms with Crippen molar-refractivity contribution in [1.29, 1.82) is 0 Å². The average molecular weight is 444 g/mol. The zero-order valence-corrected chi connectivity index (χ0v) is 18.1. The summed E-state index contributed by atoms with van der Waals surface area (Å²) in [6.07, 6.45) is 1.03. The minimum atomic E-state index is -0.245. The van der Waals surface area contributed by atoms with Crippen LogP contribution in [0.15, 0.2) is 72.8 Å². The number of anilines is 3. The van der Waals surface area contributed by atoms with E-state index in [1.807, 2.05) is 36.4 Å². The lowest BCUT2D eigenvalue weighted by Gasteiger charge is -2.20. The molecule has 1 N–H and O–H groups in total. The van der Waals surface area contributed by atoms with Crippen molar-refractivity contribution in [3.05, 3.63) is 89.5 Å². The van der Waals surface area contributed by atoms with Crippen molar-refractivity contribution >= 4 is 45.9 Å². The predicted molar refractivity (Wildman–Crippen MR) is 126 cm³/mol. The molecule has 2 aliphatic rings. The first-order chi connectivity index (χ1) is 15.6. The second kappa shape index (κ2) is 8.51. The Morgan fingerprint density at radius 2 is 1.78 bits per heavy atom. The predicted octanol–water partition coefficient (Wildman–Crippen LogP) is 4.83. The summed E-state index contributed by atoms with van der Waals surface area (Å²) in [6.45, 7) is 1.12. The molecule has 2 heterocycles. The topological polar surface area (TPSA) is 69.7 Å². The van der Waals surface area contributed by atoms with Crippen molar-refractivity contribution in [3.8, 4) is 0 Å². The molecule has 3 amide bonds. The minimum Gasteiger partial charge on any atom is -0.341 e. The molecule has 32 heavy (non-hydrogen) atoms. The van der Waals surface area contributed by atoms with Gasteiger partial charge in [-0.2, -0.15) is 0 Å². The number of fused-ring (bicyclic) bond motifs is 1. The Balaban J connectivity index is 1.26. The van der Waals surface area contributed by atoms with E-state index in [0.29, 0.717) is 11.3 Å². The quantitative estimate of drug-likeness (QED) is 0.612. The lowest BCUT2D eigenvalue weighted by molar-refractivity contribution is -0.125. The molecule has 0 bridgehead atoms. The summed E-state index contributed by atoms with van der Waals surface area (Å²) in [5.41, 5.74) is 5.59. The Hall–Kier alpha value is -3.58. The van der Waals surface area contributed by atoms with Gasteiger partial charge in [-0.25, -0.2) is 0 Å². The maximum atomic E-state index is 12.8. The highest BCUT2D eigenvalue weighted by atomic mass is 32.2. The number of amides is 3. The van der Waals surface area contributed by atoms with E-state index in [1.165, 1.54) is 16.2 Å². The number of nitrogens with zero attached hydrogens (tertiary/aromatic N) is 2. The monoisotopic (exact) mass is 443 g/mol. The molecule has 5 rings (SSSR count). The highest BCUT2D eigenvalue weighted by molar-refractivity contribution is 8.14. The fraction of sp³-hybridized carbons (Fsp3) is 0.160. The number of rotatable bonds is 5. The van der Waals surface area contributed by atoms with Gasteiger partial charge in [0.05, 0.1) is 12.3 Å². The van der Waals surface area contributed by atoms with Crippen LogP contribution in [0.3, 0.4) is 0 Å². The van der Waals surface area contributed by atoms with Crippen molar-refractivity contribution in [1.82, 2.24) is 4.90 Å². The Labute approximate surface area is 190 Å². The third-order valence-corrected chi connectivity index (χ3v) is 6.55. The molecule has 0 saturated carbocycles. The van der Waals surface area contributed by atoms with Crippen LogP contribution in [0.5, 0.6) is 0 Å². The lowest BCUT2D eigenvalue weighted by Crippen LogP contribution is -2.28. The first-order valence-corrected chi connectivity index (χ1v) is 11.4. The molecule has 7 heteroatoms. The molecule has 1 saturated heterocycles. The Morgan fingerprint density at radius 3 is 2.56 bits per heavy atom. The third kappa shape index (κ3) is 3.99. The summed E-state index contributed by atoms with van der Waals surface area (Å²) in [6, 6.07) is 23.2. The van der Waals surface area contributed by atoms with E-state index in [9.17, 15) is 14.4 Å². The van der Waals surface area contributed by atoms with Gasteiger partial charge in [-0.15, -0.1) is 0 Å². The molecular formula is C25H21N3O3S. The maximum absolute atomic E-state index is 12.8. The normalized spacial score (nSPS) is 15.2. The van der Waals surface area contributed by atoms with Crippen LogP contribution in [-0.2, 0) is 17.8 Å². The van der Waals surface area contributed by atoms with Crippen molar-refractivity contribution < 1.29 is 14.4 Å². The number of nitrogens with one attached hydrogen (secondary N) is 1. The van der Waals surface area contributed by atoms with Crippen molar-refractivity contribution in [2.75, 3.05) is 22.5 Å². The van der Waals surface area contributed by atoms with E-state index in [2.05, 4.69) is 28.4 Å².